The third-order valence-electron chi connectivity index (χ3n) is 4.24. The number of Topliss-reactive ketones (excluding diaryl/α,β-unsaturated/α-hetero) is 1. The highest BCUT2D eigenvalue weighted by Crippen LogP contribution is 2.59. The number of rotatable bonds is 1. The van der Waals surface area contributed by atoms with Crippen LogP contribution in [0.5, 0.6) is 0 Å². The van der Waals surface area contributed by atoms with Gasteiger partial charge in [0, 0.05) is 5.92 Å². The first kappa shape index (κ1) is 8.28. The average Bonchev–Trinajstić information content (AvgIpc) is 2.41. The summed E-state index contributed by atoms with van der Waals surface area (Å²) in [4.78, 5) is 11.5. The number of fused-ring (bicyclic) bond motifs is 2. The van der Waals surface area contributed by atoms with E-state index in [1.807, 2.05) is 0 Å². The van der Waals surface area contributed by atoms with Crippen LogP contribution in [0.15, 0.2) is 0 Å². The lowest BCUT2D eigenvalue weighted by Gasteiger charge is -2.36. The van der Waals surface area contributed by atoms with Crippen molar-refractivity contribution in [3.63, 3.8) is 0 Å². The lowest BCUT2D eigenvalue weighted by Crippen LogP contribution is -2.35. The molecule has 0 aromatic carbocycles. The van der Waals surface area contributed by atoms with Crippen LogP contribution in [0.2, 0.25) is 0 Å². The molecular weight excluding hydrogens is 148 g/mol. The summed E-state index contributed by atoms with van der Waals surface area (Å²) in [5.74, 6) is 2.35. The van der Waals surface area contributed by atoms with Crippen LogP contribution in [0.4, 0.5) is 0 Å². The highest BCUT2D eigenvalue weighted by Gasteiger charge is 2.54. The molecule has 2 aliphatic carbocycles. The third-order valence-corrected chi connectivity index (χ3v) is 4.24. The predicted octanol–water partition coefficient (Wildman–Crippen LogP) is 2.65. The van der Waals surface area contributed by atoms with Crippen molar-refractivity contribution >= 4 is 5.78 Å². The molecule has 1 nitrogen and oxygen atoms in total. The summed E-state index contributed by atoms with van der Waals surface area (Å²) in [6, 6.07) is 0. The van der Waals surface area contributed by atoms with Crippen LogP contribution in [0.25, 0.3) is 0 Å². The van der Waals surface area contributed by atoms with Gasteiger partial charge in [0.25, 0.3) is 0 Å². The average molecular weight is 166 g/mol. The van der Waals surface area contributed by atoms with E-state index in [4.69, 9.17) is 0 Å². The molecule has 0 aliphatic heterocycles. The molecule has 68 valence electrons. The molecule has 0 N–H and O–H groups in total. The summed E-state index contributed by atoms with van der Waals surface area (Å²) < 4.78 is 0. The summed E-state index contributed by atoms with van der Waals surface area (Å²) in [5.41, 5.74) is 0.300. The number of carbonyl (C=O) groups excluding carboxylic acids is 1. The number of ketones is 1. The molecule has 3 atom stereocenters. The van der Waals surface area contributed by atoms with Gasteiger partial charge >= 0.3 is 0 Å². The maximum absolute atomic E-state index is 11.5. The minimum Gasteiger partial charge on any atom is -0.300 e. The zero-order valence-corrected chi connectivity index (χ0v) is 8.26. The van der Waals surface area contributed by atoms with E-state index in [0.717, 1.165) is 11.8 Å². The normalized spacial score (nSPS) is 43.4. The molecule has 0 aromatic rings. The van der Waals surface area contributed by atoms with E-state index < -0.39 is 0 Å². The first-order valence-electron chi connectivity index (χ1n) is 5.04. The first-order valence-corrected chi connectivity index (χ1v) is 5.04. The molecule has 2 bridgehead atoms. The summed E-state index contributed by atoms with van der Waals surface area (Å²) in [6.07, 6.45) is 3.98. The smallest absolute Gasteiger partial charge is 0.133 e. The van der Waals surface area contributed by atoms with Crippen molar-refractivity contribution in [3.8, 4) is 0 Å². The SMILES string of the molecule is CC(=O)[C@@H]1[C@H]2CC[C@H](C2)C1(C)C. The standard InChI is InChI=1S/C11H18O/c1-7(12)10-8-4-5-9(6-8)11(10,2)3/h8-10H,4-6H2,1-3H3/t8-,9+,10+/m0/s1. The van der Waals surface area contributed by atoms with Crippen molar-refractivity contribution in [1.29, 1.82) is 0 Å². The molecule has 2 fully saturated rings. The van der Waals surface area contributed by atoms with Crippen LogP contribution < -0.4 is 0 Å². The number of hydrogen-bond acceptors (Lipinski definition) is 1. The van der Waals surface area contributed by atoms with E-state index >= 15 is 0 Å². The van der Waals surface area contributed by atoms with Crippen molar-refractivity contribution in [1.82, 2.24) is 0 Å². The lowest BCUT2D eigenvalue weighted by atomic mass is 9.67. The molecule has 12 heavy (non-hydrogen) atoms. The van der Waals surface area contributed by atoms with Crippen LogP contribution in [0.3, 0.4) is 0 Å². The Balaban J connectivity index is 2.29. The zero-order valence-electron chi connectivity index (χ0n) is 8.26. The summed E-state index contributed by atoms with van der Waals surface area (Å²) >= 11 is 0. The second kappa shape index (κ2) is 2.34. The van der Waals surface area contributed by atoms with E-state index in [1.165, 1.54) is 19.3 Å². The Morgan fingerprint density at radius 1 is 1.33 bits per heavy atom. The fraction of sp³-hybridized carbons (Fsp3) is 0.909. The van der Waals surface area contributed by atoms with Crippen LogP contribution in [0, 0.1) is 23.2 Å². The van der Waals surface area contributed by atoms with Crippen molar-refractivity contribution in [2.45, 2.75) is 40.0 Å². The summed E-state index contributed by atoms with van der Waals surface area (Å²) in [5, 5.41) is 0. The fourth-order valence-electron chi connectivity index (χ4n) is 3.71. The Labute approximate surface area is 74.5 Å². The quantitative estimate of drug-likeness (QED) is 0.585. The Hall–Kier alpha value is -0.330. The number of hydrogen-bond donors (Lipinski definition) is 0. The predicted molar refractivity (Wildman–Crippen MR) is 48.8 cm³/mol. The van der Waals surface area contributed by atoms with Gasteiger partial charge in [-0.25, -0.2) is 0 Å². The van der Waals surface area contributed by atoms with Crippen molar-refractivity contribution in [2.24, 2.45) is 23.2 Å². The van der Waals surface area contributed by atoms with Crippen LogP contribution >= 0.6 is 0 Å². The second-order valence-corrected chi connectivity index (χ2v) is 5.18. The van der Waals surface area contributed by atoms with Crippen LogP contribution in [-0.4, -0.2) is 5.78 Å². The van der Waals surface area contributed by atoms with Crippen molar-refractivity contribution in [3.05, 3.63) is 0 Å². The Morgan fingerprint density at radius 3 is 2.33 bits per heavy atom. The largest absolute Gasteiger partial charge is 0.300 e. The van der Waals surface area contributed by atoms with E-state index in [2.05, 4.69) is 13.8 Å². The zero-order chi connectivity index (χ0) is 8.93. The second-order valence-electron chi connectivity index (χ2n) is 5.18. The Morgan fingerprint density at radius 2 is 2.00 bits per heavy atom. The van der Waals surface area contributed by atoms with E-state index in [0.29, 0.717) is 17.1 Å². The molecule has 0 saturated heterocycles. The van der Waals surface area contributed by atoms with Crippen molar-refractivity contribution in [2.75, 3.05) is 0 Å². The van der Waals surface area contributed by atoms with Gasteiger partial charge < -0.3 is 0 Å². The molecule has 0 spiro atoms. The highest BCUT2D eigenvalue weighted by molar-refractivity contribution is 5.80. The van der Waals surface area contributed by atoms with Gasteiger partial charge in [-0.15, -0.1) is 0 Å². The molecule has 0 aromatic heterocycles. The van der Waals surface area contributed by atoms with E-state index in [1.54, 1.807) is 6.92 Å². The van der Waals surface area contributed by atoms with E-state index in [9.17, 15) is 4.79 Å². The Kier molecular flexibility index (Phi) is 1.61. The van der Waals surface area contributed by atoms with Gasteiger partial charge in [0.05, 0.1) is 0 Å². The molecular formula is C11H18O. The topological polar surface area (TPSA) is 17.1 Å². The van der Waals surface area contributed by atoms with Gasteiger partial charge in [0.15, 0.2) is 0 Å². The molecule has 1 heteroatoms. The minimum absolute atomic E-state index is 0.300. The molecule has 2 saturated carbocycles. The van der Waals surface area contributed by atoms with Crippen molar-refractivity contribution < 1.29 is 4.79 Å². The lowest BCUT2D eigenvalue weighted by molar-refractivity contribution is -0.126. The molecule has 2 rings (SSSR count). The third kappa shape index (κ3) is 0.884. The summed E-state index contributed by atoms with van der Waals surface area (Å²) in [7, 11) is 0. The van der Waals surface area contributed by atoms with Gasteiger partial charge in [-0.05, 0) is 43.4 Å². The molecule has 0 unspecified atom stereocenters. The van der Waals surface area contributed by atoms with Gasteiger partial charge in [0.2, 0.25) is 0 Å². The van der Waals surface area contributed by atoms with Crippen LogP contribution in [-0.2, 0) is 4.79 Å². The monoisotopic (exact) mass is 166 g/mol. The maximum atomic E-state index is 11.5. The van der Waals surface area contributed by atoms with Gasteiger partial charge in [-0.3, -0.25) is 4.79 Å². The molecule has 0 amide bonds. The summed E-state index contributed by atoms with van der Waals surface area (Å²) in [6.45, 7) is 6.33. The van der Waals surface area contributed by atoms with Gasteiger partial charge in [-0.1, -0.05) is 13.8 Å². The highest BCUT2D eigenvalue weighted by atomic mass is 16.1. The van der Waals surface area contributed by atoms with E-state index in [-0.39, 0.29) is 0 Å². The molecule has 0 radical (unpaired) electrons. The minimum atomic E-state index is 0.300. The fourth-order valence-corrected chi connectivity index (χ4v) is 3.71. The van der Waals surface area contributed by atoms with Gasteiger partial charge in [0.1, 0.15) is 5.78 Å². The van der Waals surface area contributed by atoms with Gasteiger partial charge in [-0.2, -0.15) is 0 Å². The number of carbonyl (C=O) groups is 1. The maximum Gasteiger partial charge on any atom is 0.133 e. The molecule has 0 heterocycles. The Bertz CT molecular complexity index is 217. The first-order chi connectivity index (χ1) is 5.53. The van der Waals surface area contributed by atoms with Crippen LogP contribution in [0.1, 0.15) is 40.0 Å². The molecule has 2 aliphatic rings.